The van der Waals surface area contributed by atoms with Crippen molar-refractivity contribution in [3.63, 3.8) is 0 Å². The number of H-pyrrole nitrogens is 1. The molecule has 0 aliphatic heterocycles. The molecule has 17 heavy (non-hydrogen) atoms. The Labute approximate surface area is 98.1 Å². The fraction of sp³-hybridized carbons (Fsp3) is 0.364. The normalized spacial score (nSPS) is 12.6. The topological polar surface area (TPSA) is 83.8 Å². The summed E-state index contributed by atoms with van der Waals surface area (Å²) in [7, 11) is 1.84. The zero-order chi connectivity index (χ0) is 12.3. The van der Waals surface area contributed by atoms with Crippen LogP contribution in [0.1, 0.15) is 25.3 Å². The van der Waals surface area contributed by atoms with Crippen molar-refractivity contribution in [1.82, 2.24) is 20.5 Å². The summed E-state index contributed by atoms with van der Waals surface area (Å²) in [5.74, 6) is 0.894. The molecule has 0 bridgehead atoms. The van der Waals surface area contributed by atoms with Gasteiger partial charge in [-0.2, -0.15) is 0 Å². The van der Waals surface area contributed by atoms with Gasteiger partial charge in [-0.15, -0.1) is 10.2 Å². The summed E-state index contributed by atoms with van der Waals surface area (Å²) in [5.41, 5.74) is 0.432. The quantitative estimate of drug-likeness (QED) is 0.827. The van der Waals surface area contributed by atoms with Gasteiger partial charge in [0.1, 0.15) is 0 Å². The highest BCUT2D eigenvalue weighted by molar-refractivity contribution is 5.50. The number of nitrogens with zero attached hydrogens (tertiary/aromatic N) is 2. The summed E-state index contributed by atoms with van der Waals surface area (Å²) in [5, 5.41) is 11.0. The van der Waals surface area contributed by atoms with E-state index in [1.165, 1.54) is 6.07 Å². The lowest BCUT2D eigenvalue weighted by Crippen LogP contribution is -2.15. The molecule has 6 heteroatoms. The SMILES string of the molecule is CCC(NC)c1nnc(-c2cc[nH]c(=O)c2)o1. The summed E-state index contributed by atoms with van der Waals surface area (Å²) in [6.07, 6.45) is 2.41. The van der Waals surface area contributed by atoms with Crippen LogP contribution in [0.15, 0.2) is 27.5 Å². The average Bonchev–Trinajstić information content (AvgIpc) is 2.80. The lowest BCUT2D eigenvalue weighted by atomic mass is 10.2. The number of aromatic nitrogens is 3. The molecule has 0 saturated heterocycles. The van der Waals surface area contributed by atoms with Crippen LogP contribution in [0.5, 0.6) is 0 Å². The van der Waals surface area contributed by atoms with E-state index >= 15 is 0 Å². The summed E-state index contributed by atoms with van der Waals surface area (Å²) >= 11 is 0. The molecule has 2 rings (SSSR count). The molecule has 0 aliphatic carbocycles. The van der Waals surface area contributed by atoms with Gasteiger partial charge in [-0.1, -0.05) is 6.92 Å². The van der Waals surface area contributed by atoms with Gasteiger partial charge in [0.05, 0.1) is 6.04 Å². The Morgan fingerprint density at radius 2 is 2.35 bits per heavy atom. The van der Waals surface area contributed by atoms with Crippen LogP contribution in [-0.4, -0.2) is 22.2 Å². The van der Waals surface area contributed by atoms with Crippen molar-refractivity contribution in [2.24, 2.45) is 0 Å². The fourth-order valence-corrected chi connectivity index (χ4v) is 1.57. The van der Waals surface area contributed by atoms with E-state index in [2.05, 4.69) is 20.5 Å². The predicted octanol–water partition coefficient (Wildman–Crippen LogP) is 1.10. The van der Waals surface area contributed by atoms with E-state index in [1.807, 2.05) is 14.0 Å². The van der Waals surface area contributed by atoms with E-state index in [9.17, 15) is 4.79 Å². The molecule has 90 valence electrons. The average molecular weight is 234 g/mol. The van der Waals surface area contributed by atoms with Gasteiger partial charge in [-0.25, -0.2) is 0 Å². The summed E-state index contributed by atoms with van der Waals surface area (Å²) in [4.78, 5) is 13.7. The van der Waals surface area contributed by atoms with Crippen molar-refractivity contribution in [2.45, 2.75) is 19.4 Å². The zero-order valence-corrected chi connectivity index (χ0v) is 9.73. The van der Waals surface area contributed by atoms with Crippen LogP contribution < -0.4 is 10.9 Å². The van der Waals surface area contributed by atoms with Gasteiger partial charge in [0, 0.05) is 17.8 Å². The molecule has 1 unspecified atom stereocenters. The third-order valence-electron chi connectivity index (χ3n) is 2.52. The molecule has 1 atom stereocenters. The largest absolute Gasteiger partial charge is 0.419 e. The van der Waals surface area contributed by atoms with Crippen LogP contribution >= 0.6 is 0 Å². The van der Waals surface area contributed by atoms with Crippen LogP contribution in [0.3, 0.4) is 0 Å². The van der Waals surface area contributed by atoms with Crippen LogP contribution in [-0.2, 0) is 0 Å². The third-order valence-corrected chi connectivity index (χ3v) is 2.52. The molecule has 2 N–H and O–H groups in total. The number of hydrogen-bond acceptors (Lipinski definition) is 5. The Balaban J connectivity index is 2.32. The summed E-state index contributed by atoms with van der Waals surface area (Å²) < 4.78 is 5.53. The van der Waals surface area contributed by atoms with Crippen molar-refractivity contribution in [3.8, 4) is 11.5 Å². The van der Waals surface area contributed by atoms with Crippen LogP contribution in [0.4, 0.5) is 0 Å². The molecule has 0 radical (unpaired) electrons. The Bertz CT molecular complexity index is 542. The van der Waals surface area contributed by atoms with Crippen molar-refractivity contribution >= 4 is 0 Å². The van der Waals surface area contributed by atoms with Crippen LogP contribution in [0.2, 0.25) is 0 Å². The van der Waals surface area contributed by atoms with Gasteiger partial charge in [0.2, 0.25) is 17.3 Å². The minimum Gasteiger partial charge on any atom is -0.419 e. The van der Waals surface area contributed by atoms with Gasteiger partial charge in [0.25, 0.3) is 0 Å². The van der Waals surface area contributed by atoms with Gasteiger partial charge in [-0.05, 0) is 19.5 Å². The van der Waals surface area contributed by atoms with Crippen molar-refractivity contribution in [3.05, 3.63) is 34.6 Å². The summed E-state index contributed by atoms with van der Waals surface area (Å²) in [6.45, 7) is 2.03. The molecule has 2 aromatic heterocycles. The molecule has 2 aromatic rings. The van der Waals surface area contributed by atoms with Crippen molar-refractivity contribution < 1.29 is 4.42 Å². The van der Waals surface area contributed by atoms with Crippen molar-refractivity contribution in [2.75, 3.05) is 7.05 Å². The highest BCUT2D eigenvalue weighted by atomic mass is 16.4. The molecule has 0 saturated carbocycles. The van der Waals surface area contributed by atoms with E-state index in [0.717, 1.165) is 6.42 Å². The third kappa shape index (κ3) is 2.42. The van der Waals surface area contributed by atoms with Gasteiger partial charge in [0.15, 0.2) is 0 Å². The maximum Gasteiger partial charge on any atom is 0.248 e. The lowest BCUT2D eigenvalue weighted by molar-refractivity contribution is 0.415. The Morgan fingerprint density at radius 1 is 1.53 bits per heavy atom. The van der Waals surface area contributed by atoms with Crippen molar-refractivity contribution in [1.29, 1.82) is 0 Å². The van der Waals surface area contributed by atoms with Crippen LogP contribution in [0, 0.1) is 0 Å². The number of hydrogen-bond donors (Lipinski definition) is 2. The van der Waals surface area contributed by atoms with E-state index in [4.69, 9.17) is 4.42 Å². The second kappa shape index (κ2) is 4.92. The first-order valence-electron chi connectivity index (χ1n) is 5.44. The van der Waals surface area contributed by atoms with Crippen LogP contribution in [0.25, 0.3) is 11.5 Å². The highest BCUT2D eigenvalue weighted by Crippen LogP contribution is 2.20. The molecule has 0 amide bonds. The van der Waals surface area contributed by atoms with E-state index in [0.29, 0.717) is 17.3 Å². The lowest BCUT2D eigenvalue weighted by Gasteiger charge is -2.06. The van der Waals surface area contributed by atoms with Gasteiger partial charge in [-0.3, -0.25) is 4.79 Å². The standard InChI is InChI=1S/C11H14N4O2/c1-3-8(12-2)11-15-14-10(17-11)7-4-5-13-9(16)6-7/h4-6,8,12H,3H2,1-2H3,(H,13,16). The van der Waals surface area contributed by atoms with E-state index in [-0.39, 0.29) is 11.6 Å². The monoisotopic (exact) mass is 234 g/mol. The molecule has 0 aliphatic rings. The number of rotatable bonds is 4. The minimum absolute atomic E-state index is 0.0400. The zero-order valence-electron chi connectivity index (χ0n) is 9.73. The number of aromatic amines is 1. The summed E-state index contributed by atoms with van der Waals surface area (Å²) in [6, 6.07) is 3.19. The number of nitrogens with one attached hydrogen (secondary N) is 2. The second-order valence-electron chi connectivity index (χ2n) is 3.64. The van der Waals surface area contributed by atoms with Gasteiger partial charge >= 0.3 is 0 Å². The van der Waals surface area contributed by atoms with Gasteiger partial charge < -0.3 is 14.7 Å². The highest BCUT2D eigenvalue weighted by Gasteiger charge is 2.15. The fourth-order valence-electron chi connectivity index (χ4n) is 1.57. The molecule has 0 spiro atoms. The molecule has 2 heterocycles. The maximum absolute atomic E-state index is 11.2. The Hall–Kier alpha value is -1.95. The molecule has 0 aromatic carbocycles. The predicted molar refractivity (Wildman–Crippen MR) is 62.4 cm³/mol. The second-order valence-corrected chi connectivity index (χ2v) is 3.64. The first-order valence-corrected chi connectivity index (χ1v) is 5.44. The maximum atomic E-state index is 11.2. The van der Waals surface area contributed by atoms with E-state index < -0.39 is 0 Å². The molecular formula is C11H14N4O2. The Kier molecular flexibility index (Phi) is 3.34. The van der Waals surface area contributed by atoms with E-state index in [1.54, 1.807) is 12.3 Å². The Morgan fingerprint density at radius 3 is 3.00 bits per heavy atom. The first-order chi connectivity index (χ1) is 8.24. The smallest absolute Gasteiger partial charge is 0.248 e. The minimum atomic E-state index is -0.192. The molecule has 6 nitrogen and oxygen atoms in total. The first kappa shape index (κ1) is 11.5. The molecular weight excluding hydrogens is 220 g/mol. The molecule has 0 fully saturated rings. The number of pyridine rings is 1.